The summed E-state index contributed by atoms with van der Waals surface area (Å²) in [6, 6.07) is 5.99. The van der Waals surface area contributed by atoms with E-state index in [0.717, 1.165) is 5.82 Å². The van der Waals surface area contributed by atoms with Crippen LogP contribution in [0.3, 0.4) is 0 Å². The van der Waals surface area contributed by atoms with E-state index in [-0.39, 0.29) is 18.8 Å². The number of morpholine rings is 1. The van der Waals surface area contributed by atoms with Crippen LogP contribution in [0.25, 0.3) is 0 Å². The van der Waals surface area contributed by atoms with Gasteiger partial charge in [0, 0.05) is 12.6 Å². The molecule has 5 heteroatoms. The van der Waals surface area contributed by atoms with Gasteiger partial charge in [-0.3, -0.25) is 0 Å². The Kier molecular flexibility index (Phi) is 4.38. The molecule has 2 unspecified atom stereocenters. The Morgan fingerprint density at radius 3 is 3.11 bits per heavy atom. The van der Waals surface area contributed by atoms with Crippen LogP contribution in [-0.4, -0.2) is 48.6 Å². The SMILES string of the molecule is CCOc1cccc(N2CC(CO)OCC2C)n1. The molecule has 1 N–H and O–H groups in total. The first kappa shape index (κ1) is 13.1. The lowest BCUT2D eigenvalue weighted by molar-refractivity contribution is -0.0106. The zero-order valence-corrected chi connectivity index (χ0v) is 10.9. The number of rotatable bonds is 4. The van der Waals surface area contributed by atoms with Gasteiger partial charge in [-0.05, 0) is 19.9 Å². The molecular formula is C13H20N2O3. The third-order valence-corrected chi connectivity index (χ3v) is 3.00. The number of anilines is 1. The Morgan fingerprint density at radius 2 is 2.39 bits per heavy atom. The number of aliphatic hydroxyl groups excluding tert-OH is 1. The summed E-state index contributed by atoms with van der Waals surface area (Å²) in [5.74, 6) is 1.50. The molecule has 0 saturated carbocycles. The zero-order valence-electron chi connectivity index (χ0n) is 10.9. The predicted octanol–water partition coefficient (Wildman–Crippen LogP) is 1.07. The predicted molar refractivity (Wildman–Crippen MR) is 69.0 cm³/mol. The molecule has 1 aliphatic rings. The standard InChI is InChI=1S/C13H20N2O3/c1-3-17-13-6-4-5-12(14-13)15-7-11(8-16)18-9-10(15)2/h4-6,10-11,16H,3,7-9H2,1-2H3. The highest BCUT2D eigenvalue weighted by Gasteiger charge is 2.26. The van der Waals surface area contributed by atoms with Crippen molar-refractivity contribution >= 4 is 5.82 Å². The molecule has 0 radical (unpaired) electrons. The van der Waals surface area contributed by atoms with Gasteiger partial charge in [0.15, 0.2) is 0 Å². The number of aliphatic hydroxyl groups is 1. The van der Waals surface area contributed by atoms with Crippen molar-refractivity contribution in [3.8, 4) is 5.88 Å². The van der Waals surface area contributed by atoms with E-state index in [1.165, 1.54) is 0 Å². The van der Waals surface area contributed by atoms with E-state index >= 15 is 0 Å². The molecule has 1 aromatic heterocycles. The maximum Gasteiger partial charge on any atom is 0.215 e. The normalized spacial score (nSPS) is 24.1. The summed E-state index contributed by atoms with van der Waals surface area (Å²) in [5, 5.41) is 9.18. The largest absolute Gasteiger partial charge is 0.478 e. The average Bonchev–Trinajstić information content (AvgIpc) is 2.40. The van der Waals surface area contributed by atoms with E-state index < -0.39 is 0 Å². The lowest BCUT2D eigenvalue weighted by atomic mass is 10.2. The molecule has 1 saturated heterocycles. The Labute approximate surface area is 107 Å². The van der Waals surface area contributed by atoms with E-state index in [4.69, 9.17) is 9.47 Å². The van der Waals surface area contributed by atoms with E-state index in [1.54, 1.807) is 0 Å². The number of ether oxygens (including phenoxy) is 2. The summed E-state index contributed by atoms with van der Waals surface area (Å²) in [7, 11) is 0. The molecule has 0 aliphatic carbocycles. The van der Waals surface area contributed by atoms with Gasteiger partial charge in [0.2, 0.25) is 5.88 Å². The molecule has 1 fully saturated rings. The van der Waals surface area contributed by atoms with Gasteiger partial charge in [0.25, 0.3) is 0 Å². The van der Waals surface area contributed by atoms with Crippen molar-refractivity contribution in [1.29, 1.82) is 0 Å². The maximum absolute atomic E-state index is 9.18. The quantitative estimate of drug-likeness (QED) is 0.868. The molecule has 0 amide bonds. The third kappa shape index (κ3) is 2.91. The summed E-state index contributed by atoms with van der Waals surface area (Å²) in [6.07, 6.45) is -0.140. The molecule has 5 nitrogen and oxygen atoms in total. The van der Waals surface area contributed by atoms with Gasteiger partial charge in [-0.15, -0.1) is 0 Å². The summed E-state index contributed by atoms with van der Waals surface area (Å²) in [4.78, 5) is 6.62. The Morgan fingerprint density at radius 1 is 1.56 bits per heavy atom. The van der Waals surface area contributed by atoms with Crippen molar-refractivity contribution in [2.24, 2.45) is 0 Å². The van der Waals surface area contributed by atoms with Crippen molar-refractivity contribution in [1.82, 2.24) is 4.98 Å². The molecular weight excluding hydrogens is 232 g/mol. The van der Waals surface area contributed by atoms with E-state index in [0.29, 0.717) is 25.6 Å². The number of pyridine rings is 1. The molecule has 18 heavy (non-hydrogen) atoms. The van der Waals surface area contributed by atoms with E-state index in [9.17, 15) is 5.11 Å². The Bertz CT molecular complexity index is 386. The minimum atomic E-state index is -0.140. The molecule has 2 rings (SSSR count). The fourth-order valence-corrected chi connectivity index (χ4v) is 2.04. The Balaban J connectivity index is 2.15. The Hall–Kier alpha value is -1.33. The van der Waals surface area contributed by atoms with Crippen LogP contribution >= 0.6 is 0 Å². The zero-order chi connectivity index (χ0) is 13.0. The second-order valence-electron chi connectivity index (χ2n) is 4.41. The number of aromatic nitrogens is 1. The number of hydrogen-bond acceptors (Lipinski definition) is 5. The summed E-state index contributed by atoms with van der Waals surface area (Å²) in [5.41, 5.74) is 0. The minimum Gasteiger partial charge on any atom is -0.478 e. The minimum absolute atomic E-state index is 0.0361. The average molecular weight is 252 g/mol. The first-order valence-corrected chi connectivity index (χ1v) is 6.33. The maximum atomic E-state index is 9.18. The second-order valence-corrected chi connectivity index (χ2v) is 4.41. The highest BCUT2D eigenvalue weighted by molar-refractivity contribution is 5.42. The summed E-state index contributed by atoms with van der Waals surface area (Å²) >= 11 is 0. The lowest BCUT2D eigenvalue weighted by Gasteiger charge is -2.38. The van der Waals surface area contributed by atoms with Crippen LogP contribution in [-0.2, 0) is 4.74 Å². The lowest BCUT2D eigenvalue weighted by Crippen LogP contribution is -2.49. The van der Waals surface area contributed by atoms with Gasteiger partial charge in [-0.25, -0.2) is 0 Å². The van der Waals surface area contributed by atoms with Crippen molar-refractivity contribution < 1.29 is 14.6 Å². The number of hydrogen-bond donors (Lipinski definition) is 1. The molecule has 2 heterocycles. The van der Waals surface area contributed by atoms with Gasteiger partial charge in [0.05, 0.1) is 32.0 Å². The number of nitrogens with zero attached hydrogens (tertiary/aromatic N) is 2. The van der Waals surface area contributed by atoms with Gasteiger partial charge >= 0.3 is 0 Å². The van der Waals surface area contributed by atoms with Gasteiger partial charge in [0.1, 0.15) is 5.82 Å². The van der Waals surface area contributed by atoms with Crippen LogP contribution in [0.1, 0.15) is 13.8 Å². The van der Waals surface area contributed by atoms with Crippen LogP contribution in [0.2, 0.25) is 0 Å². The third-order valence-electron chi connectivity index (χ3n) is 3.00. The van der Waals surface area contributed by atoms with E-state index in [1.807, 2.05) is 25.1 Å². The van der Waals surface area contributed by atoms with Crippen molar-refractivity contribution in [3.63, 3.8) is 0 Å². The molecule has 1 aromatic rings. The second kappa shape index (κ2) is 6.02. The topological polar surface area (TPSA) is 54.8 Å². The van der Waals surface area contributed by atoms with Gasteiger partial charge < -0.3 is 19.5 Å². The van der Waals surface area contributed by atoms with Crippen LogP contribution in [0.4, 0.5) is 5.82 Å². The van der Waals surface area contributed by atoms with Crippen LogP contribution in [0, 0.1) is 0 Å². The molecule has 0 aromatic carbocycles. The molecule has 2 atom stereocenters. The highest BCUT2D eigenvalue weighted by atomic mass is 16.5. The van der Waals surface area contributed by atoms with Crippen LogP contribution in [0.15, 0.2) is 18.2 Å². The van der Waals surface area contributed by atoms with Crippen LogP contribution in [0.5, 0.6) is 5.88 Å². The van der Waals surface area contributed by atoms with Gasteiger partial charge in [-0.2, -0.15) is 4.98 Å². The molecule has 0 spiro atoms. The molecule has 100 valence electrons. The molecule has 1 aliphatic heterocycles. The fraction of sp³-hybridized carbons (Fsp3) is 0.615. The molecule has 0 bridgehead atoms. The van der Waals surface area contributed by atoms with E-state index in [2.05, 4.69) is 16.8 Å². The first-order chi connectivity index (χ1) is 8.74. The smallest absolute Gasteiger partial charge is 0.215 e. The first-order valence-electron chi connectivity index (χ1n) is 6.33. The monoisotopic (exact) mass is 252 g/mol. The highest BCUT2D eigenvalue weighted by Crippen LogP contribution is 2.21. The van der Waals surface area contributed by atoms with Crippen molar-refractivity contribution in [3.05, 3.63) is 18.2 Å². The van der Waals surface area contributed by atoms with Crippen LogP contribution < -0.4 is 9.64 Å². The van der Waals surface area contributed by atoms with Crippen molar-refractivity contribution in [2.75, 3.05) is 31.3 Å². The van der Waals surface area contributed by atoms with Crippen molar-refractivity contribution in [2.45, 2.75) is 26.0 Å². The summed E-state index contributed by atoms with van der Waals surface area (Å²) in [6.45, 7) is 5.92. The summed E-state index contributed by atoms with van der Waals surface area (Å²) < 4.78 is 10.9. The van der Waals surface area contributed by atoms with Gasteiger partial charge in [-0.1, -0.05) is 6.07 Å². The fourth-order valence-electron chi connectivity index (χ4n) is 2.04.